The van der Waals surface area contributed by atoms with Gasteiger partial charge in [0.2, 0.25) is 5.91 Å². The Morgan fingerprint density at radius 2 is 2.28 bits per heavy atom. The maximum absolute atomic E-state index is 12.3. The third kappa shape index (κ3) is 3.93. The number of carbonyl (C=O) groups is 1. The third-order valence-corrected chi connectivity index (χ3v) is 5.39. The first kappa shape index (κ1) is 17.7. The predicted molar refractivity (Wildman–Crippen MR) is 95.1 cm³/mol. The Balaban J connectivity index is 1.73. The molecule has 0 saturated carbocycles. The van der Waals surface area contributed by atoms with E-state index in [1.165, 1.54) is 0 Å². The van der Waals surface area contributed by atoms with Crippen molar-refractivity contribution in [3.05, 3.63) is 23.9 Å². The summed E-state index contributed by atoms with van der Waals surface area (Å²) in [7, 11) is 1.69. The first-order valence-electron chi connectivity index (χ1n) is 9.04. The number of piperidine rings is 2. The van der Waals surface area contributed by atoms with Gasteiger partial charge in [0.25, 0.3) is 0 Å². The molecule has 0 aliphatic carbocycles. The molecule has 6 heteroatoms. The highest BCUT2D eigenvalue weighted by atomic mass is 16.5. The SMILES string of the molecule is COCCCN1C[C@@]2(CCCN(c3ncccc3C#N)C2)CCC1=O. The van der Waals surface area contributed by atoms with Gasteiger partial charge in [-0.05, 0) is 37.8 Å². The van der Waals surface area contributed by atoms with Crippen LogP contribution >= 0.6 is 0 Å². The number of amides is 1. The van der Waals surface area contributed by atoms with E-state index in [-0.39, 0.29) is 11.3 Å². The molecule has 1 aromatic rings. The Morgan fingerprint density at radius 1 is 1.40 bits per heavy atom. The topological polar surface area (TPSA) is 69.5 Å². The summed E-state index contributed by atoms with van der Waals surface area (Å²) in [4.78, 5) is 21.0. The van der Waals surface area contributed by atoms with Crippen LogP contribution in [0.15, 0.2) is 18.3 Å². The molecule has 2 saturated heterocycles. The summed E-state index contributed by atoms with van der Waals surface area (Å²) in [5.74, 6) is 1.04. The number of nitrogens with zero attached hydrogens (tertiary/aromatic N) is 4. The molecule has 0 radical (unpaired) electrons. The number of anilines is 1. The van der Waals surface area contributed by atoms with E-state index in [2.05, 4.69) is 16.0 Å². The van der Waals surface area contributed by atoms with E-state index in [0.717, 1.165) is 57.7 Å². The minimum absolute atomic E-state index is 0.115. The van der Waals surface area contributed by atoms with Gasteiger partial charge < -0.3 is 14.5 Å². The van der Waals surface area contributed by atoms with Crippen molar-refractivity contribution >= 4 is 11.7 Å². The minimum Gasteiger partial charge on any atom is -0.385 e. The lowest BCUT2D eigenvalue weighted by atomic mass is 9.73. The normalized spacial score (nSPS) is 23.8. The first-order chi connectivity index (χ1) is 12.2. The van der Waals surface area contributed by atoms with Crippen molar-refractivity contribution < 1.29 is 9.53 Å². The number of aromatic nitrogens is 1. The Bertz CT molecular complexity index is 657. The Labute approximate surface area is 149 Å². The molecule has 1 atom stereocenters. The maximum Gasteiger partial charge on any atom is 0.222 e. The van der Waals surface area contributed by atoms with Crippen molar-refractivity contribution in [2.75, 3.05) is 44.8 Å². The molecule has 1 spiro atoms. The van der Waals surface area contributed by atoms with Gasteiger partial charge in [-0.2, -0.15) is 5.26 Å². The molecule has 1 amide bonds. The van der Waals surface area contributed by atoms with Gasteiger partial charge in [-0.25, -0.2) is 4.98 Å². The molecule has 6 nitrogen and oxygen atoms in total. The smallest absolute Gasteiger partial charge is 0.222 e. The van der Waals surface area contributed by atoms with Gasteiger partial charge in [-0.1, -0.05) is 0 Å². The quantitative estimate of drug-likeness (QED) is 0.767. The summed E-state index contributed by atoms with van der Waals surface area (Å²) in [6.45, 7) is 4.04. The molecule has 2 aliphatic heterocycles. The molecule has 3 heterocycles. The highest BCUT2D eigenvalue weighted by Gasteiger charge is 2.42. The molecule has 0 N–H and O–H groups in total. The van der Waals surface area contributed by atoms with Gasteiger partial charge >= 0.3 is 0 Å². The van der Waals surface area contributed by atoms with Crippen LogP contribution in [0.1, 0.15) is 37.7 Å². The van der Waals surface area contributed by atoms with Gasteiger partial charge in [0.05, 0.1) is 5.56 Å². The van der Waals surface area contributed by atoms with Crippen LogP contribution in [0.4, 0.5) is 5.82 Å². The third-order valence-electron chi connectivity index (χ3n) is 5.39. The lowest BCUT2D eigenvalue weighted by Crippen LogP contribution is -2.54. The summed E-state index contributed by atoms with van der Waals surface area (Å²) in [5, 5.41) is 9.37. The number of hydrogen-bond donors (Lipinski definition) is 0. The van der Waals surface area contributed by atoms with Crippen LogP contribution in [0.2, 0.25) is 0 Å². The Kier molecular flexibility index (Phi) is 5.54. The van der Waals surface area contributed by atoms with Crippen LogP contribution in [0.5, 0.6) is 0 Å². The average molecular weight is 342 g/mol. The number of nitriles is 1. The first-order valence-corrected chi connectivity index (χ1v) is 9.04. The van der Waals surface area contributed by atoms with E-state index < -0.39 is 0 Å². The molecule has 25 heavy (non-hydrogen) atoms. The monoisotopic (exact) mass is 342 g/mol. The molecule has 0 bridgehead atoms. The van der Waals surface area contributed by atoms with E-state index in [9.17, 15) is 10.1 Å². The zero-order chi connectivity index (χ0) is 17.7. The van der Waals surface area contributed by atoms with Gasteiger partial charge in [0, 0.05) is 57.9 Å². The summed E-state index contributed by atoms with van der Waals surface area (Å²) in [5.41, 5.74) is 0.743. The van der Waals surface area contributed by atoms with Crippen molar-refractivity contribution in [2.24, 2.45) is 5.41 Å². The molecule has 2 fully saturated rings. The molecule has 0 aromatic carbocycles. The zero-order valence-electron chi connectivity index (χ0n) is 14.9. The largest absolute Gasteiger partial charge is 0.385 e. The van der Waals surface area contributed by atoms with E-state index in [0.29, 0.717) is 18.6 Å². The van der Waals surface area contributed by atoms with Crippen molar-refractivity contribution in [2.45, 2.75) is 32.1 Å². The van der Waals surface area contributed by atoms with Crippen LogP contribution in [0.3, 0.4) is 0 Å². The highest BCUT2D eigenvalue weighted by Crippen LogP contribution is 2.40. The zero-order valence-corrected chi connectivity index (χ0v) is 14.9. The molecule has 2 aliphatic rings. The second-order valence-corrected chi connectivity index (χ2v) is 7.17. The number of rotatable bonds is 5. The second kappa shape index (κ2) is 7.83. The van der Waals surface area contributed by atoms with Crippen molar-refractivity contribution in [3.8, 4) is 6.07 Å². The molecular formula is C19H26N4O2. The lowest BCUT2D eigenvalue weighted by molar-refractivity contribution is -0.138. The van der Waals surface area contributed by atoms with E-state index in [1.807, 2.05) is 11.0 Å². The van der Waals surface area contributed by atoms with E-state index in [4.69, 9.17) is 4.74 Å². The molecule has 0 unspecified atom stereocenters. The highest BCUT2D eigenvalue weighted by molar-refractivity contribution is 5.77. The number of likely N-dealkylation sites (tertiary alicyclic amines) is 1. The molecule has 134 valence electrons. The second-order valence-electron chi connectivity index (χ2n) is 7.17. The minimum atomic E-state index is 0.115. The molecular weight excluding hydrogens is 316 g/mol. The fraction of sp³-hybridized carbons (Fsp3) is 0.632. The average Bonchev–Trinajstić information content (AvgIpc) is 2.65. The van der Waals surface area contributed by atoms with Crippen molar-refractivity contribution in [1.29, 1.82) is 5.26 Å². The standard InChI is InChI=1S/C19H26N4O2/c1-25-12-4-11-22-14-19(8-6-17(22)24)7-3-10-23(15-19)18-16(13-20)5-2-9-21-18/h2,5,9H,3-4,6-8,10-12,14-15H2,1H3/t19-/m1/s1. The lowest BCUT2D eigenvalue weighted by Gasteiger charge is -2.48. The summed E-state index contributed by atoms with van der Waals surface area (Å²) < 4.78 is 5.12. The fourth-order valence-electron chi connectivity index (χ4n) is 4.16. The fourth-order valence-corrected chi connectivity index (χ4v) is 4.16. The van der Waals surface area contributed by atoms with Gasteiger partial charge in [0.1, 0.15) is 11.9 Å². The Hall–Kier alpha value is -2.13. The molecule has 1 aromatic heterocycles. The van der Waals surface area contributed by atoms with Gasteiger partial charge in [-0.15, -0.1) is 0 Å². The van der Waals surface area contributed by atoms with Crippen LogP contribution in [-0.4, -0.2) is 55.7 Å². The van der Waals surface area contributed by atoms with E-state index in [1.54, 1.807) is 19.4 Å². The number of carbonyl (C=O) groups excluding carboxylic acids is 1. The Morgan fingerprint density at radius 3 is 3.08 bits per heavy atom. The van der Waals surface area contributed by atoms with Crippen LogP contribution in [0, 0.1) is 16.7 Å². The summed E-state index contributed by atoms with van der Waals surface area (Å²) in [6, 6.07) is 5.88. The van der Waals surface area contributed by atoms with Gasteiger partial charge in [-0.3, -0.25) is 4.79 Å². The van der Waals surface area contributed by atoms with Crippen molar-refractivity contribution in [1.82, 2.24) is 9.88 Å². The maximum atomic E-state index is 12.3. The van der Waals surface area contributed by atoms with Crippen LogP contribution in [0.25, 0.3) is 0 Å². The number of hydrogen-bond acceptors (Lipinski definition) is 5. The number of pyridine rings is 1. The van der Waals surface area contributed by atoms with Crippen LogP contribution < -0.4 is 4.90 Å². The predicted octanol–water partition coefficient (Wildman–Crippen LogP) is 2.20. The summed E-state index contributed by atoms with van der Waals surface area (Å²) >= 11 is 0. The van der Waals surface area contributed by atoms with Crippen molar-refractivity contribution in [3.63, 3.8) is 0 Å². The number of methoxy groups -OCH3 is 1. The van der Waals surface area contributed by atoms with E-state index >= 15 is 0 Å². The molecule has 3 rings (SSSR count). The van der Waals surface area contributed by atoms with Crippen LogP contribution in [-0.2, 0) is 9.53 Å². The summed E-state index contributed by atoms with van der Waals surface area (Å²) in [6.07, 6.45) is 6.37. The van der Waals surface area contributed by atoms with Gasteiger partial charge in [0.15, 0.2) is 0 Å². The number of ether oxygens (including phenoxy) is 1.